The highest BCUT2D eigenvalue weighted by Crippen LogP contribution is 2.24. The van der Waals surface area contributed by atoms with Crippen LogP contribution in [0.5, 0.6) is 0 Å². The van der Waals surface area contributed by atoms with Gasteiger partial charge in [-0.3, -0.25) is 19.7 Å². The zero-order chi connectivity index (χ0) is 14.6. The summed E-state index contributed by atoms with van der Waals surface area (Å²) in [5, 5.41) is 2.28. The number of amides is 3. The van der Waals surface area contributed by atoms with Crippen LogP contribution in [0.15, 0.2) is 0 Å². The van der Waals surface area contributed by atoms with E-state index in [9.17, 15) is 14.4 Å². The molecule has 1 aliphatic heterocycles. The maximum Gasteiger partial charge on any atom is 0.252 e. The standard InChI is InChI=1S/C14H24N2O3/c1-5-7-8-10(6-2)12(18)16-9-11(17)15-13(19)14(16,3)4/h10H,5-9H2,1-4H3,(H,15,17,19). The summed E-state index contributed by atoms with van der Waals surface area (Å²) >= 11 is 0. The van der Waals surface area contributed by atoms with E-state index in [4.69, 9.17) is 0 Å². The minimum atomic E-state index is -0.954. The molecule has 1 N–H and O–H groups in total. The lowest BCUT2D eigenvalue weighted by Crippen LogP contribution is -2.66. The second-order valence-electron chi connectivity index (χ2n) is 5.61. The molecular formula is C14H24N2O3. The Morgan fingerprint density at radius 3 is 2.53 bits per heavy atom. The fraction of sp³-hybridized carbons (Fsp3) is 0.786. The molecule has 0 aromatic carbocycles. The van der Waals surface area contributed by atoms with Gasteiger partial charge in [0.25, 0.3) is 5.91 Å². The van der Waals surface area contributed by atoms with E-state index in [0.717, 1.165) is 25.7 Å². The van der Waals surface area contributed by atoms with Gasteiger partial charge in [0.2, 0.25) is 11.8 Å². The summed E-state index contributed by atoms with van der Waals surface area (Å²) in [6.45, 7) is 7.38. The van der Waals surface area contributed by atoms with Gasteiger partial charge in [-0.2, -0.15) is 0 Å². The van der Waals surface area contributed by atoms with Crippen LogP contribution in [-0.4, -0.2) is 34.7 Å². The van der Waals surface area contributed by atoms with E-state index in [1.54, 1.807) is 13.8 Å². The molecule has 1 atom stereocenters. The Kier molecular flexibility index (Phi) is 5.09. The lowest BCUT2D eigenvalue weighted by molar-refractivity contribution is -0.158. The van der Waals surface area contributed by atoms with Crippen LogP contribution in [-0.2, 0) is 14.4 Å². The third-order valence-corrected chi connectivity index (χ3v) is 3.80. The van der Waals surface area contributed by atoms with Gasteiger partial charge in [0.15, 0.2) is 0 Å². The predicted molar refractivity (Wildman–Crippen MR) is 72.2 cm³/mol. The summed E-state index contributed by atoms with van der Waals surface area (Å²) < 4.78 is 0. The molecule has 0 aromatic heterocycles. The average Bonchev–Trinajstić information content (AvgIpc) is 2.34. The molecule has 1 heterocycles. The van der Waals surface area contributed by atoms with Crippen molar-refractivity contribution in [2.45, 2.75) is 58.9 Å². The highest BCUT2D eigenvalue weighted by molar-refractivity contribution is 6.06. The molecule has 1 rings (SSSR count). The SMILES string of the molecule is CCCCC(CC)C(=O)N1CC(=O)NC(=O)C1(C)C. The summed E-state index contributed by atoms with van der Waals surface area (Å²) in [5.74, 6) is -0.979. The number of rotatable bonds is 5. The van der Waals surface area contributed by atoms with Crippen molar-refractivity contribution in [1.82, 2.24) is 10.2 Å². The number of nitrogens with one attached hydrogen (secondary N) is 1. The Morgan fingerprint density at radius 1 is 1.37 bits per heavy atom. The molecule has 1 fully saturated rings. The first-order chi connectivity index (χ1) is 8.84. The average molecular weight is 268 g/mol. The van der Waals surface area contributed by atoms with Gasteiger partial charge in [-0.15, -0.1) is 0 Å². The van der Waals surface area contributed by atoms with Gasteiger partial charge in [-0.25, -0.2) is 0 Å². The van der Waals surface area contributed by atoms with Gasteiger partial charge in [0.1, 0.15) is 12.1 Å². The van der Waals surface area contributed by atoms with E-state index < -0.39 is 17.4 Å². The molecule has 1 unspecified atom stereocenters. The van der Waals surface area contributed by atoms with Crippen molar-refractivity contribution >= 4 is 17.7 Å². The van der Waals surface area contributed by atoms with Crippen molar-refractivity contribution < 1.29 is 14.4 Å². The Morgan fingerprint density at radius 2 is 2.00 bits per heavy atom. The van der Waals surface area contributed by atoms with Crippen molar-refractivity contribution in [2.24, 2.45) is 5.92 Å². The van der Waals surface area contributed by atoms with E-state index >= 15 is 0 Å². The number of imide groups is 1. The van der Waals surface area contributed by atoms with Crippen LogP contribution in [0, 0.1) is 5.92 Å². The van der Waals surface area contributed by atoms with Crippen LogP contribution >= 0.6 is 0 Å². The zero-order valence-corrected chi connectivity index (χ0v) is 12.3. The van der Waals surface area contributed by atoms with Crippen molar-refractivity contribution in [1.29, 1.82) is 0 Å². The maximum absolute atomic E-state index is 12.5. The monoisotopic (exact) mass is 268 g/mol. The van der Waals surface area contributed by atoms with E-state index in [2.05, 4.69) is 12.2 Å². The first-order valence-corrected chi connectivity index (χ1v) is 7.00. The second-order valence-corrected chi connectivity index (χ2v) is 5.61. The summed E-state index contributed by atoms with van der Waals surface area (Å²) in [7, 11) is 0. The molecule has 0 aromatic rings. The lowest BCUT2D eigenvalue weighted by Gasteiger charge is -2.41. The van der Waals surface area contributed by atoms with E-state index in [0.29, 0.717) is 0 Å². The van der Waals surface area contributed by atoms with Crippen LogP contribution < -0.4 is 5.32 Å². The molecule has 1 saturated heterocycles. The predicted octanol–water partition coefficient (Wildman–Crippen LogP) is 1.47. The van der Waals surface area contributed by atoms with Crippen molar-refractivity contribution in [2.75, 3.05) is 6.54 Å². The van der Waals surface area contributed by atoms with Gasteiger partial charge in [0.05, 0.1) is 0 Å². The van der Waals surface area contributed by atoms with E-state index in [1.807, 2.05) is 6.92 Å². The number of piperazine rings is 1. The smallest absolute Gasteiger partial charge is 0.252 e. The van der Waals surface area contributed by atoms with Gasteiger partial charge < -0.3 is 4.90 Å². The highest BCUT2D eigenvalue weighted by Gasteiger charge is 2.44. The van der Waals surface area contributed by atoms with Crippen molar-refractivity contribution in [3.63, 3.8) is 0 Å². The molecule has 0 bridgehead atoms. The zero-order valence-electron chi connectivity index (χ0n) is 12.3. The number of nitrogens with zero attached hydrogens (tertiary/aromatic N) is 1. The Hall–Kier alpha value is -1.39. The highest BCUT2D eigenvalue weighted by atomic mass is 16.2. The van der Waals surface area contributed by atoms with Gasteiger partial charge in [-0.1, -0.05) is 26.7 Å². The first-order valence-electron chi connectivity index (χ1n) is 7.00. The third kappa shape index (κ3) is 3.33. The molecule has 0 spiro atoms. The summed E-state index contributed by atoms with van der Waals surface area (Å²) in [6, 6.07) is 0. The lowest BCUT2D eigenvalue weighted by atomic mass is 9.92. The Balaban J connectivity index is 2.88. The van der Waals surface area contributed by atoms with Crippen LogP contribution in [0.4, 0.5) is 0 Å². The number of carbonyl (C=O) groups excluding carboxylic acids is 3. The molecule has 5 heteroatoms. The number of carbonyl (C=O) groups is 3. The second kappa shape index (κ2) is 6.17. The molecule has 19 heavy (non-hydrogen) atoms. The molecule has 0 aliphatic carbocycles. The number of unbranched alkanes of at least 4 members (excludes halogenated alkanes) is 1. The topological polar surface area (TPSA) is 66.5 Å². The minimum absolute atomic E-state index is 0.0276. The van der Waals surface area contributed by atoms with Gasteiger partial charge >= 0.3 is 0 Å². The third-order valence-electron chi connectivity index (χ3n) is 3.80. The summed E-state index contributed by atoms with van der Waals surface area (Å²) in [4.78, 5) is 37.3. The van der Waals surface area contributed by atoms with E-state index in [-0.39, 0.29) is 18.4 Å². The number of hydrogen-bond donors (Lipinski definition) is 1. The largest absolute Gasteiger partial charge is 0.319 e. The molecule has 1 aliphatic rings. The fourth-order valence-corrected chi connectivity index (χ4v) is 2.31. The Labute approximate surface area is 114 Å². The molecule has 0 radical (unpaired) electrons. The van der Waals surface area contributed by atoms with Crippen molar-refractivity contribution in [3.8, 4) is 0 Å². The molecule has 108 valence electrons. The van der Waals surface area contributed by atoms with Crippen molar-refractivity contribution in [3.05, 3.63) is 0 Å². The van der Waals surface area contributed by atoms with Crippen LogP contribution in [0.25, 0.3) is 0 Å². The first kappa shape index (κ1) is 15.7. The quantitative estimate of drug-likeness (QED) is 0.768. The number of hydrogen-bond acceptors (Lipinski definition) is 3. The van der Waals surface area contributed by atoms with Gasteiger partial charge in [0, 0.05) is 5.92 Å². The molecule has 3 amide bonds. The molecule has 5 nitrogen and oxygen atoms in total. The normalized spacial score (nSPS) is 20.1. The van der Waals surface area contributed by atoms with Gasteiger partial charge in [-0.05, 0) is 26.7 Å². The Bertz CT molecular complexity index is 377. The molecular weight excluding hydrogens is 244 g/mol. The summed E-state index contributed by atoms with van der Waals surface area (Å²) in [6.07, 6.45) is 3.57. The van der Waals surface area contributed by atoms with Crippen LogP contribution in [0.3, 0.4) is 0 Å². The van der Waals surface area contributed by atoms with Crippen LogP contribution in [0.1, 0.15) is 53.4 Å². The minimum Gasteiger partial charge on any atom is -0.319 e. The van der Waals surface area contributed by atoms with E-state index in [1.165, 1.54) is 4.90 Å². The summed E-state index contributed by atoms with van der Waals surface area (Å²) in [5.41, 5.74) is -0.954. The fourth-order valence-electron chi connectivity index (χ4n) is 2.31. The maximum atomic E-state index is 12.5. The molecule has 0 saturated carbocycles. The van der Waals surface area contributed by atoms with Crippen LogP contribution in [0.2, 0.25) is 0 Å².